The lowest BCUT2D eigenvalue weighted by atomic mass is 10.1. The second-order valence-corrected chi connectivity index (χ2v) is 4.64. The quantitative estimate of drug-likeness (QED) is 0.916. The van der Waals surface area contributed by atoms with Crippen molar-refractivity contribution >= 4 is 27.7 Å². The summed E-state index contributed by atoms with van der Waals surface area (Å²) in [5.74, 6) is -0.0763. The molecule has 5 heteroatoms. The van der Waals surface area contributed by atoms with E-state index in [0.29, 0.717) is 0 Å². The summed E-state index contributed by atoms with van der Waals surface area (Å²) in [6.07, 6.45) is 1.75. The highest BCUT2D eigenvalue weighted by Gasteiger charge is 2.07. The zero-order chi connectivity index (χ0) is 13.0. The monoisotopic (exact) mass is 306 g/mol. The molecule has 92 valence electrons. The van der Waals surface area contributed by atoms with Gasteiger partial charge < -0.3 is 10.4 Å². The molecule has 1 heterocycles. The van der Waals surface area contributed by atoms with E-state index in [-0.39, 0.29) is 23.9 Å². The summed E-state index contributed by atoms with van der Waals surface area (Å²) in [6, 6.07) is 10.5. The van der Waals surface area contributed by atoms with Crippen LogP contribution in [0.25, 0.3) is 0 Å². The Morgan fingerprint density at radius 1 is 1.28 bits per heavy atom. The number of carbonyl (C=O) groups is 1. The summed E-state index contributed by atoms with van der Waals surface area (Å²) in [5.41, 5.74) is 0.895. The predicted molar refractivity (Wildman–Crippen MR) is 72.4 cm³/mol. The molecule has 0 saturated heterocycles. The lowest BCUT2D eigenvalue weighted by Crippen LogP contribution is -2.15. The van der Waals surface area contributed by atoms with Crippen LogP contribution in [0.5, 0.6) is 5.75 Å². The zero-order valence-electron chi connectivity index (χ0n) is 9.43. The maximum absolute atomic E-state index is 11.7. The smallest absolute Gasteiger partial charge is 0.230 e. The Kier molecular flexibility index (Phi) is 3.94. The first-order valence-corrected chi connectivity index (χ1v) is 6.13. The molecule has 0 saturated carbocycles. The number of nitrogens with one attached hydrogen (secondary N) is 1. The average molecular weight is 307 g/mol. The number of amides is 1. The van der Waals surface area contributed by atoms with Crippen molar-refractivity contribution < 1.29 is 9.90 Å². The van der Waals surface area contributed by atoms with Gasteiger partial charge in [0.1, 0.15) is 0 Å². The van der Waals surface area contributed by atoms with Gasteiger partial charge in [0, 0.05) is 10.7 Å². The summed E-state index contributed by atoms with van der Waals surface area (Å²) >= 11 is 3.33. The Balaban J connectivity index is 2.01. The number of pyridine rings is 1. The third-order valence-electron chi connectivity index (χ3n) is 2.32. The number of anilines is 1. The molecule has 18 heavy (non-hydrogen) atoms. The highest BCUT2D eigenvalue weighted by atomic mass is 79.9. The maximum Gasteiger partial charge on any atom is 0.230 e. The van der Waals surface area contributed by atoms with Gasteiger partial charge >= 0.3 is 0 Å². The Bertz CT molecular complexity index is 555. The second kappa shape index (κ2) is 5.64. The molecule has 2 rings (SSSR count). The van der Waals surface area contributed by atoms with Crippen LogP contribution in [-0.2, 0) is 11.2 Å². The number of rotatable bonds is 3. The van der Waals surface area contributed by atoms with Gasteiger partial charge in [-0.3, -0.25) is 4.79 Å². The molecule has 0 atom stereocenters. The van der Waals surface area contributed by atoms with Crippen LogP contribution in [0.1, 0.15) is 5.56 Å². The number of halogens is 1. The molecule has 1 aromatic heterocycles. The molecule has 0 aliphatic rings. The molecule has 1 amide bonds. The van der Waals surface area contributed by atoms with Crippen molar-refractivity contribution in [1.82, 2.24) is 4.98 Å². The molecule has 1 aromatic carbocycles. The van der Waals surface area contributed by atoms with E-state index < -0.39 is 0 Å². The highest BCUT2D eigenvalue weighted by Crippen LogP contribution is 2.18. The summed E-state index contributed by atoms with van der Waals surface area (Å²) in [5, 5.41) is 12.0. The fourth-order valence-electron chi connectivity index (χ4n) is 1.46. The fourth-order valence-corrected chi connectivity index (χ4v) is 1.72. The first-order valence-electron chi connectivity index (χ1n) is 5.33. The number of carbonyl (C=O) groups excluding carboxylic acids is 1. The summed E-state index contributed by atoms with van der Waals surface area (Å²) in [4.78, 5) is 15.6. The van der Waals surface area contributed by atoms with E-state index in [2.05, 4.69) is 26.2 Å². The van der Waals surface area contributed by atoms with Gasteiger partial charge in [0.05, 0.1) is 6.42 Å². The third-order valence-corrected chi connectivity index (χ3v) is 2.85. The number of hydrogen-bond donors (Lipinski definition) is 2. The lowest BCUT2D eigenvalue weighted by Gasteiger charge is -2.06. The molecule has 0 spiro atoms. The minimum Gasteiger partial charge on any atom is -0.504 e. The Labute approximate surface area is 113 Å². The lowest BCUT2D eigenvalue weighted by molar-refractivity contribution is -0.115. The van der Waals surface area contributed by atoms with E-state index >= 15 is 0 Å². The number of aromatic nitrogens is 1. The molecule has 2 N–H and O–H groups in total. The van der Waals surface area contributed by atoms with Crippen LogP contribution in [0, 0.1) is 0 Å². The van der Waals surface area contributed by atoms with Crippen molar-refractivity contribution in [3.05, 3.63) is 52.6 Å². The van der Waals surface area contributed by atoms with E-state index in [0.717, 1.165) is 10.0 Å². The largest absolute Gasteiger partial charge is 0.504 e. The van der Waals surface area contributed by atoms with Crippen LogP contribution < -0.4 is 5.32 Å². The summed E-state index contributed by atoms with van der Waals surface area (Å²) in [6.45, 7) is 0. The number of aromatic hydroxyl groups is 1. The van der Waals surface area contributed by atoms with Gasteiger partial charge in [-0.1, -0.05) is 28.1 Å². The summed E-state index contributed by atoms with van der Waals surface area (Å²) in [7, 11) is 0. The predicted octanol–water partition coefficient (Wildman–Crippen LogP) is 2.73. The van der Waals surface area contributed by atoms with Gasteiger partial charge in [0.25, 0.3) is 0 Å². The minimum absolute atomic E-state index is 0.0401. The molecule has 0 bridgehead atoms. The average Bonchev–Trinajstić information content (AvgIpc) is 2.35. The van der Waals surface area contributed by atoms with Gasteiger partial charge in [-0.15, -0.1) is 0 Å². The molecule has 0 unspecified atom stereocenters. The van der Waals surface area contributed by atoms with Gasteiger partial charge in [0.15, 0.2) is 11.6 Å². The van der Waals surface area contributed by atoms with E-state index in [1.54, 1.807) is 6.07 Å². The van der Waals surface area contributed by atoms with Gasteiger partial charge in [-0.25, -0.2) is 4.98 Å². The Morgan fingerprint density at radius 3 is 2.67 bits per heavy atom. The standard InChI is InChI=1S/C13H11BrN2O2/c14-10-5-3-9(4-6-10)8-12(18)16-13-11(17)2-1-7-15-13/h1-7,17H,8H2,(H,15,16,18). The SMILES string of the molecule is O=C(Cc1ccc(Br)cc1)Nc1ncccc1O. The van der Waals surface area contributed by atoms with Crippen molar-refractivity contribution in [2.24, 2.45) is 0 Å². The molecule has 4 nitrogen and oxygen atoms in total. The van der Waals surface area contributed by atoms with Crippen LogP contribution in [0.4, 0.5) is 5.82 Å². The number of nitrogens with zero attached hydrogens (tertiary/aromatic N) is 1. The fraction of sp³-hybridized carbons (Fsp3) is 0.0769. The summed E-state index contributed by atoms with van der Waals surface area (Å²) < 4.78 is 0.967. The zero-order valence-corrected chi connectivity index (χ0v) is 11.0. The molecular formula is C13H11BrN2O2. The first kappa shape index (κ1) is 12.6. The maximum atomic E-state index is 11.7. The molecular weight excluding hydrogens is 296 g/mol. The van der Waals surface area contributed by atoms with Crippen molar-refractivity contribution in [1.29, 1.82) is 0 Å². The number of benzene rings is 1. The van der Waals surface area contributed by atoms with Crippen LogP contribution >= 0.6 is 15.9 Å². The Hall–Kier alpha value is -1.88. The minimum atomic E-state index is -0.216. The van der Waals surface area contributed by atoms with E-state index in [1.165, 1.54) is 12.3 Å². The highest BCUT2D eigenvalue weighted by molar-refractivity contribution is 9.10. The topological polar surface area (TPSA) is 62.2 Å². The third kappa shape index (κ3) is 3.30. The van der Waals surface area contributed by atoms with Crippen molar-refractivity contribution in [3.8, 4) is 5.75 Å². The second-order valence-electron chi connectivity index (χ2n) is 3.72. The molecule has 0 aliphatic heterocycles. The van der Waals surface area contributed by atoms with Crippen LogP contribution in [0.2, 0.25) is 0 Å². The molecule has 2 aromatic rings. The van der Waals surface area contributed by atoms with Gasteiger partial charge in [-0.2, -0.15) is 0 Å². The van der Waals surface area contributed by atoms with Crippen molar-refractivity contribution in [2.45, 2.75) is 6.42 Å². The normalized spacial score (nSPS) is 10.1. The van der Waals surface area contributed by atoms with Crippen molar-refractivity contribution in [3.63, 3.8) is 0 Å². The molecule has 0 aliphatic carbocycles. The molecule has 0 fully saturated rings. The Morgan fingerprint density at radius 2 is 2.00 bits per heavy atom. The van der Waals surface area contributed by atoms with Crippen LogP contribution in [0.15, 0.2) is 47.1 Å². The first-order chi connectivity index (χ1) is 8.65. The van der Waals surface area contributed by atoms with E-state index in [1.807, 2.05) is 24.3 Å². The van der Waals surface area contributed by atoms with Gasteiger partial charge in [-0.05, 0) is 29.8 Å². The van der Waals surface area contributed by atoms with E-state index in [4.69, 9.17) is 0 Å². The number of hydrogen-bond acceptors (Lipinski definition) is 3. The van der Waals surface area contributed by atoms with Crippen molar-refractivity contribution in [2.75, 3.05) is 5.32 Å². The van der Waals surface area contributed by atoms with Crippen LogP contribution in [-0.4, -0.2) is 16.0 Å². The van der Waals surface area contributed by atoms with Crippen LogP contribution in [0.3, 0.4) is 0 Å². The molecule has 0 radical (unpaired) electrons. The van der Waals surface area contributed by atoms with E-state index in [9.17, 15) is 9.90 Å². The van der Waals surface area contributed by atoms with Gasteiger partial charge in [0.2, 0.25) is 5.91 Å².